The van der Waals surface area contributed by atoms with E-state index in [2.05, 4.69) is 16.7 Å². The maximum Gasteiger partial charge on any atom is 0.261 e. The van der Waals surface area contributed by atoms with Crippen molar-refractivity contribution in [3.63, 3.8) is 0 Å². The van der Waals surface area contributed by atoms with Gasteiger partial charge in [0.25, 0.3) is 5.91 Å². The fourth-order valence-corrected chi connectivity index (χ4v) is 4.82. The second kappa shape index (κ2) is 8.13. The maximum absolute atomic E-state index is 12.4. The highest BCUT2D eigenvalue weighted by Gasteiger charge is 2.17. The lowest BCUT2D eigenvalue weighted by atomic mass is 10.0. The van der Waals surface area contributed by atoms with E-state index in [0.717, 1.165) is 41.1 Å². The van der Waals surface area contributed by atoms with Gasteiger partial charge in [0.15, 0.2) is 0 Å². The van der Waals surface area contributed by atoms with Gasteiger partial charge in [-0.15, -0.1) is 11.3 Å². The number of ether oxygens (including phenoxy) is 1. The van der Waals surface area contributed by atoms with Crippen LogP contribution in [0.1, 0.15) is 51.4 Å². The first-order valence-electron chi connectivity index (χ1n) is 9.64. The number of fused-ring (bicyclic) bond motifs is 2. The fraction of sp³-hybridized carbons (Fsp3) is 0.429. The second-order valence-electron chi connectivity index (χ2n) is 7.09. The van der Waals surface area contributed by atoms with Gasteiger partial charge in [-0.1, -0.05) is 6.42 Å². The van der Waals surface area contributed by atoms with Crippen LogP contribution in [0.4, 0.5) is 5.69 Å². The van der Waals surface area contributed by atoms with Gasteiger partial charge in [0.1, 0.15) is 12.4 Å². The molecule has 4 rings (SSSR count). The number of nitrogens with one attached hydrogen (secondary N) is 2. The van der Waals surface area contributed by atoms with E-state index in [1.807, 2.05) is 18.2 Å². The Hall–Kier alpha value is -2.34. The van der Waals surface area contributed by atoms with Gasteiger partial charge in [-0.25, -0.2) is 0 Å². The standard InChI is InChI=1S/C21H24N2O3S/c24-20-9-6-14-12-16(7-8-17(14)23-20)26-11-10-22-21(25)19-13-15-4-2-1-3-5-18(15)27-19/h7-8,12-13H,1-6,9-11H2,(H,22,25)(H,23,24). The molecule has 2 aromatic rings. The molecule has 6 heteroatoms. The summed E-state index contributed by atoms with van der Waals surface area (Å²) >= 11 is 1.64. The van der Waals surface area contributed by atoms with Crippen LogP contribution in [0.2, 0.25) is 0 Å². The highest BCUT2D eigenvalue weighted by atomic mass is 32.1. The van der Waals surface area contributed by atoms with E-state index in [0.29, 0.717) is 19.6 Å². The Balaban J connectivity index is 1.26. The highest BCUT2D eigenvalue weighted by Crippen LogP contribution is 2.29. The van der Waals surface area contributed by atoms with E-state index in [1.54, 1.807) is 11.3 Å². The van der Waals surface area contributed by atoms with Crippen LogP contribution in [-0.4, -0.2) is 25.0 Å². The number of aryl methyl sites for hydroxylation is 3. The van der Waals surface area contributed by atoms with Crippen molar-refractivity contribution in [3.05, 3.63) is 45.1 Å². The minimum absolute atomic E-state index is 0.00942. The van der Waals surface area contributed by atoms with Crippen molar-refractivity contribution >= 4 is 28.8 Å². The highest BCUT2D eigenvalue weighted by molar-refractivity contribution is 7.14. The van der Waals surface area contributed by atoms with Crippen molar-refractivity contribution in [1.29, 1.82) is 0 Å². The number of thiophene rings is 1. The average molecular weight is 385 g/mol. The van der Waals surface area contributed by atoms with Crippen molar-refractivity contribution in [2.75, 3.05) is 18.5 Å². The Kier molecular flexibility index (Phi) is 5.43. The van der Waals surface area contributed by atoms with Gasteiger partial charge >= 0.3 is 0 Å². The molecular formula is C21H24N2O3S. The van der Waals surface area contributed by atoms with Gasteiger partial charge < -0.3 is 15.4 Å². The lowest BCUT2D eigenvalue weighted by Gasteiger charge is -2.17. The summed E-state index contributed by atoms with van der Waals surface area (Å²) in [6.45, 7) is 0.886. The SMILES string of the molecule is O=C1CCc2cc(OCCNC(=O)c3cc4c(s3)CCCCC4)ccc2N1. The van der Waals surface area contributed by atoms with Crippen LogP contribution in [0.3, 0.4) is 0 Å². The fourth-order valence-electron chi connectivity index (χ4n) is 3.65. The summed E-state index contributed by atoms with van der Waals surface area (Å²) in [5.41, 5.74) is 3.32. The zero-order valence-corrected chi connectivity index (χ0v) is 16.1. The predicted molar refractivity (Wildman–Crippen MR) is 107 cm³/mol. The molecule has 1 aromatic carbocycles. The molecule has 2 aliphatic rings. The van der Waals surface area contributed by atoms with E-state index in [-0.39, 0.29) is 11.8 Å². The summed E-state index contributed by atoms with van der Waals surface area (Å²) in [4.78, 5) is 26.0. The van der Waals surface area contributed by atoms with E-state index in [1.165, 1.54) is 29.7 Å². The van der Waals surface area contributed by atoms with Crippen LogP contribution >= 0.6 is 11.3 Å². The monoisotopic (exact) mass is 384 g/mol. The molecule has 0 unspecified atom stereocenters. The van der Waals surface area contributed by atoms with Gasteiger partial charge in [-0.2, -0.15) is 0 Å². The van der Waals surface area contributed by atoms with Crippen LogP contribution < -0.4 is 15.4 Å². The number of carbonyl (C=O) groups excluding carboxylic acids is 2. The number of carbonyl (C=O) groups is 2. The van der Waals surface area contributed by atoms with Crippen LogP contribution in [-0.2, 0) is 24.1 Å². The Morgan fingerprint density at radius 3 is 2.89 bits per heavy atom. The molecule has 0 saturated carbocycles. The van der Waals surface area contributed by atoms with Crippen LogP contribution in [0.5, 0.6) is 5.75 Å². The number of anilines is 1. The minimum Gasteiger partial charge on any atom is -0.492 e. The number of amides is 2. The molecule has 0 radical (unpaired) electrons. The van der Waals surface area contributed by atoms with Gasteiger partial charge in [0.05, 0.1) is 11.4 Å². The Morgan fingerprint density at radius 1 is 1.07 bits per heavy atom. The van der Waals surface area contributed by atoms with Gasteiger partial charge in [0.2, 0.25) is 5.91 Å². The van der Waals surface area contributed by atoms with Crippen molar-refractivity contribution in [2.24, 2.45) is 0 Å². The third kappa shape index (κ3) is 4.33. The van der Waals surface area contributed by atoms with E-state index in [9.17, 15) is 9.59 Å². The van der Waals surface area contributed by atoms with Crippen LogP contribution in [0.15, 0.2) is 24.3 Å². The molecule has 5 nitrogen and oxygen atoms in total. The van der Waals surface area contributed by atoms with Crippen molar-refractivity contribution in [3.8, 4) is 5.75 Å². The quantitative estimate of drug-likeness (QED) is 0.610. The summed E-state index contributed by atoms with van der Waals surface area (Å²) in [5.74, 6) is 0.816. The first-order chi connectivity index (χ1) is 13.2. The minimum atomic E-state index is -0.00942. The zero-order valence-electron chi connectivity index (χ0n) is 15.3. The summed E-state index contributed by atoms with van der Waals surface area (Å²) in [6.07, 6.45) is 7.19. The largest absolute Gasteiger partial charge is 0.492 e. The molecule has 0 bridgehead atoms. The van der Waals surface area contributed by atoms with Crippen molar-refractivity contribution in [1.82, 2.24) is 5.32 Å². The normalized spacial score (nSPS) is 15.9. The molecule has 2 amide bonds. The van der Waals surface area contributed by atoms with E-state index >= 15 is 0 Å². The summed E-state index contributed by atoms with van der Waals surface area (Å²) in [5, 5.41) is 5.81. The summed E-state index contributed by atoms with van der Waals surface area (Å²) in [7, 11) is 0. The van der Waals surface area contributed by atoms with Gasteiger partial charge in [-0.05, 0) is 67.5 Å². The predicted octanol–water partition coefficient (Wildman–Crippen LogP) is 3.71. The lowest BCUT2D eigenvalue weighted by Crippen LogP contribution is -2.27. The molecule has 142 valence electrons. The van der Waals surface area contributed by atoms with Gasteiger partial charge in [-0.3, -0.25) is 9.59 Å². The molecule has 1 aromatic heterocycles. The summed E-state index contributed by atoms with van der Waals surface area (Å²) < 4.78 is 5.76. The number of benzene rings is 1. The summed E-state index contributed by atoms with van der Waals surface area (Å²) in [6, 6.07) is 7.76. The molecule has 1 aliphatic carbocycles. The molecule has 0 atom stereocenters. The Morgan fingerprint density at radius 2 is 1.96 bits per heavy atom. The third-order valence-corrected chi connectivity index (χ3v) is 6.33. The molecule has 1 aliphatic heterocycles. The molecule has 0 spiro atoms. The van der Waals surface area contributed by atoms with E-state index < -0.39 is 0 Å². The first-order valence-corrected chi connectivity index (χ1v) is 10.5. The Labute approximate surface area is 163 Å². The molecule has 2 heterocycles. The number of hydrogen-bond acceptors (Lipinski definition) is 4. The topological polar surface area (TPSA) is 67.4 Å². The molecule has 0 saturated heterocycles. The second-order valence-corrected chi connectivity index (χ2v) is 8.23. The van der Waals surface area contributed by atoms with Crippen molar-refractivity contribution < 1.29 is 14.3 Å². The van der Waals surface area contributed by atoms with E-state index in [4.69, 9.17) is 4.74 Å². The molecule has 2 N–H and O–H groups in total. The smallest absolute Gasteiger partial charge is 0.261 e. The number of hydrogen-bond donors (Lipinski definition) is 2. The average Bonchev–Trinajstić information content (AvgIpc) is 2.96. The maximum atomic E-state index is 12.4. The van der Waals surface area contributed by atoms with Crippen LogP contribution in [0, 0.1) is 0 Å². The van der Waals surface area contributed by atoms with Crippen LogP contribution in [0.25, 0.3) is 0 Å². The first kappa shape index (κ1) is 18.0. The third-order valence-electron chi connectivity index (χ3n) is 5.10. The van der Waals surface area contributed by atoms with Gasteiger partial charge in [0, 0.05) is 17.0 Å². The zero-order chi connectivity index (χ0) is 18.6. The number of rotatable bonds is 5. The Bertz CT molecular complexity index is 836. The van der Waals surface area contributed by atoms with Crippen molar-refractivity contribution in [2.45, 2.75) is 44.9 Å². The molecule has 0 fully saturated rings. The molecular weight excluding hydrogens is 360 g/mol. The lowest BCUT2D eigenvalue weighted by molar-refractivity contribution is -0.116. The molecule has 27 heavy (non-hydrogen) atoms.